The Hall–Kier alpha value is -2.63. The number of rotatable bonds is 3. The molecule has 0 radical (unpaired) electrons. The molecule has 104 valence electrons. The molecular formula is C15H12FN5. The predicted octanol–water partition coefficient (Wildman–Crippen LogP) is 2.41. The monoisotopic (exact) mass is 281 g/mol. The fraction of sp³-hybridized carbons (Fsp3) is 0.200. The van der Waals surface area contributed by atoms with Crippen LogP contribution in [0.5, 0.6) is 0 Å². The number of hydrogen-bond acceptors (Lipinski definition) is 4. The van der Waals surface area contributed by atoms with Gasteiger partial charge in [-0.25, -0.2) is 9.07 Å². The number of aromatic nitrogens is 5. The van der Waals surface area contributed by atoms with Crippen molar-refractivity contribution < 1.29 is 4.39 Å². The van der Waals surface area contributed by atoms with E-state index in [-0.39, 0.29) is 11.4 Å². The van der Waals surface area contributed by atoms with Gasteiger partial charge in [0.1, 0.15) is 17.1 Å². The number of benzene rings is 1. The Morgan fingerprint density at radius 2 is 1.90 bits per heavy atom. The predicted molar refractivity (Wildman–Crippen MR) is 73.8 cm³/mol. The topological polar surface area (TPSA) is 56.5 Å². The molecule has 4 rings (SSSR count). The molecule has 3 aromatic rings. The van der Waals surface area contributed by atoms with Gasteiger partial charge in [-0.2, -0.15) is 0 Å². The zero-order valence-corrected chi connectivity index (χ0v) is 11.1. The molecule has 0 bridgehead atoms. The quantitative estimate of drug-likeness (QED) is 0.739. The highest BCUT2D eigenvalue weighted by Gasteiger charge is 2.49. The highest BCUT2D eigenvalue weighted by Crippen LogP contribution is 2.47. The molecule has 0 atom stereocenters. The number of hydrogen-bond donors (Lipinski definition) is 0. The van der Waals surface area contributed by atoms with Crippen molar-refractivity contribution >= 4 is 0 Å². The maximum Gasteiger partial charge on any atom is 0.123 e. The minimum Gasteiger partial charge on any atom is -0.261 e. The van der Waals surface area contributed by atoms with Crippen LogP contribution in [0.4, 0.5) is 4.39 Å². The third-order valence-corrected chi connectivity index (χ3v) is 3.84. The molecule has 0 amide bonds. The van der Waals surface area contributed by atoms with Crippen molar-refractivity contribution in [1.82, 2.24) is 25.0 Å². The van der Waals surface area contributed by atoms with Crippen molar-refractivity contribution in [2.45, 2.75) is 18.4 Å². The van der Waals surface area contributed by atoms with Gasteiger partial charge >= 0.3 is 0 Å². The summed E-state index contributed by atoms with van der Waals surface area (Å²) in [6.45, 7) is 0. The molecule has 0 spiro atoms. The van der Waals surface area contributed by atoms with E-state index in [4.69, 9.17) is 0 Å². The van der Waals surface area contributed by atoms with Crippen LogP contribution in [-0.4, -0.2) is 25.0 Å². The zero-order chi connectivity index (χ0) is 14.3. The van der Waals surface area contributed by atoms with Crippen LogP contribution in [-0.2, 0) is 5.54 Å². The molecule has 1 aliphatic carbocycles. The van der Waals surface area contributed by atoms with Gasteiger partial charge in [-0.1, -0.05) is 5.21 Å². The Morgan fingerprint density at radius 3 is 2.57 bits per heavy atom. The molecule has 1 aliphatic rings. The van der Waals surface area contributed by atoms with Crippen LogP contribution in [0.3, 0.4) is 0 Å². The Kier molecular flexibility index (Phi) is 2.57. The molecule has 5 nitrogen and oxygen atoms in total. The van der Waals surface area contributed by atoms with Crippen LogP contribution in [0.2, 0.25) is 0 Å². The Bertz CT molecular complexity index is 762. The summed E-state index contributed by atoms with van der Waals surface area (Å²) in [5.74, 6) is -0.260. The molecule has 2 heterocycles. The lowest BCUT2D eigenvalue weighted by Gasteiger charge is -2.13. The van der Waals surface area contributed by atoms with Gasteiger partial charge in [-0.15, -0.1) is 5.10 Å². The summed E-state index contributed by atoms with van der Waals surface area (Å²) in [6.07, 6.45) is 8.94. The first-order chi connectivity index (χ1) is 10.3. The summed E-state index contributed by atoms with van der Waals surface area (Å²) in [7, 11) is 0. The van der Waals surface area contributed by atoms with E-state index < -0.39 is 0 Å². The zero-order valence-electron chi connectivity index (χ0n) is 11.1. The Labute approximate surface area is 120 Å². The van der Waals surface area contributed by atoms with Crippen molar-refractivity contribution in [3.8, 4) is 11.3 Å². The second kappa shape index (κ2) is 4.44. The van der Waals surface area contributed by atoms with E-state index in [2.05, 4.69) is 20.3 Å². The van der Waals surface area contributed by atoms with Crippen LogP contribution in [0.1, 0.15) is 18.5 Å². The standard InChI is InChI=1S/C15H12FN5/c16-12-3-1-11(2-4-12)13-10-21(20-19-13)15(5-6-15)14-9-17-7-8-18-14/h1-4,7-10H,5-6H2. The molecule has 0 aliphatic heterocycles. The van der Waals surface area contributed by atoms with Crippen molar-refractivity contribution in [1.29, 1.82) is 0 Å². The van der Waals surface area contributed by atoms with Gasteiger partial charge in [0.05, 0.1) is 18.1 Å². The van der Waals surface area contributed by atoms with E-state index in [1.54, 1.807) is 30.7 Å². The first-order valence-electron chi connectivity index (χ1n) is 6.73. The Balaban J connectivity index is 1.70. The maximum absolute atomic E-state index is 13.0. The van der Waals surface area contributed by atoms with E-state index in [9.17, 15) is 4.39 Å². The second-order valence-corrected chi connectivity index (χ2v) is 5.18. The van der Waals surface area contributed by atoms with Gasteiger partial charge < -0.3 is 0 Å². The molecule has 1 fully saturated rings. The van der Waals surface area contributed by atoms with Gasteiger partial charge in [0, 0.05) is 18.0 Å². The molecule has 6 heteroatoms. The molecule has 0 N–H and O–H groups in total. The first-order valence-corrected chi connectivity index (χ1v) is 6.73. The van der Waals surface area contributed by atoms with Crippen LogP contribution in [0, 0.1) is 5.82 Å². The molecular weight excluding hydrogens is 269 g/mol. The second-order valence-electron chi connectivity index (χ2n) is 5.18. The van der Waals surface area contributed by atoms with Crippen molar-refractivity contribution in [2.24, 2.45) is 0 Å². The first kappa shape index (κ1) is 12.1. The molecule has 21 heavy (non-hydrogen) atoms. The third-order valence-electron chi connectivity index (χ3n) is 3.84. The molecule has 1 aromatic carbocycles. The lowest BCUT2D eigenvalue weighted by atomic mass is 10.1. The van der Waals surface area contributed by atoms with E-state index in [1.807, 2.05) is 10.9 Å². The van der Waals surface area contributed by atoms with Crippen molar-refractivity contribution in [3.05, 3.63) is 60.6 Å². The van der Waals surface area contributed by atoms with Gasteiger partial charge in [0.2, 0.25) is 0 Å². The lowest BCUT2D eigenvalue weighted by molar-refractivity contribution is 0.477. The molecule has 2 aromatic heterocycles. The third kappa shape index (κ3) is 1.99. The van der Waals surface area contributed by atoms with Gasteiger partial charge in [-0.05, 0) is 37.1 Å². The number of halogens is 1. The highest BCUT2D eigenvalue weighted by molar-refractivity contribution is 5.57. The van der Waals surface area contributed by atoms with Gasteiger partial charge in [-0.3, -0.25) is 9.97 Å². The highest BCUT2D eigenvalue weighted by atomic mass is 19.1. The fourth-order valence-electron chi connectivity index (χ4n) is 2.49. The average Bonchev–Trinajstić information content (AvgIpc) is 3.20. The van der Waals surface area contributed by atoms with E-state index in [0.29, 0.717) is 0 Å². The summed E-state index contributed by atoms with van der Waals surface area (Å²) < 4.78 is 14.8. The number of nitrogens with zero attached hydrogens (tertiary/aromatic N) is 5. The fourth-order valence-corrected chi connectivity index (χ4v) is 2.49. The van der Waals surface area contributed by atoms with Gasteiger partial charge in [0.25, 0.3) is 0 Å². The normalized spacial score (nSPS) is 15.9. The van der Waals surface area contributed by atoms with Crippen molar-refractivity contribution in [2.75, 3.05) is 0 Å². The lowest BCUT2D eigenvalue weighted by Crippen LogP contribution is -2.20. The minimum atomic E-state index is -0.260. The smallest absolute Gasteiger partial charge is 0.123 e. The average molecular weight is 281 g/mol. The summed E-state index contributed by atoms with van der Waals surface area (Å²) in [6, 6.07) is 6.24. The molecule has 1 saturated carbocycles. The van der Waals surface area contributed by atoms with Crippen LogP contribution in [0.15, 0.2) is 49.1 Å². The SMILES string of the molecule is Fc1ccc(-c2cn(C3(c4cnccn4)CC3)nn2)cc1. The summed E-state index contributed by atoms with van der Waals surface area (Å²) >= 11 is 0. The summed E-state index contributed by atoms with van der Waals surface area (Å²) in [5.41, 5.74) is 2.25. The van der Waals surface area contributed by atoms with Crippen LogP contribution >= 0.6 is 0 Å². The van der Waals surface area contributed by atoms with E-state index in [1.165, 1.54) is 12.1 Å². The Morgan fingerprint density at radius 1 is 1.10 bits per heavy atom. The largest absolute Gasteiger partial charge is 0.261 e. The van der Waals surface area contributed by atoms with Gasteiger partial charge in [0.15, 0.2) is 0 Å². The van der Waals surface area contributed by atoms with E-state index >= 15 is 0 Å². The summed E-state index contributed by atoms with van der Waals surface area (Å²) in [4.78, 5) is 8.51. The van der Waals surface area contributed by atoms with Crippen LogP contribution in [0.25, 0.3) is 11.3 Å². The molecule has 0 unspecified atom stereocenters. The van der Waals surface area contributed by atoms with Crippen molar-refractivity contribution in [3.63, 3.8) is 0 Å². The molecule has 0 saturated heterocycles. The van der Waals surface area contributed by atoms with E-state index in [0.717, 1.165) is 29.8 Å². The van der Waals surface area contributed by atoms with Crippen LogP contribution < -0.4 is 0 Å². The maximum atomic E-state index is 13.0. The minimum absolute atomic E-state index is 0.223. The summed E-state index contributed by atoms with van der Waals surface area (Å²) in [5, 5.41) is 8.42.